The highest BCUT2D eigenvalue weighted by Gasteiger charge is 2.20. The Kier molecular flexibility index (Phi) is 4.28. The lowest BCUT2D eigenvalue weighted by atomic mass is 9.91. The normalized spacial score (nSPS) is 29.8. The van der Waals surface area contributed by atoms with Gasteiger partial charge >= 0.3 is 0 Å². The van der Waals surface area contributed by atoms with E-state index in [4.69, 9.17) is 0 Å². The largest absolute Gasteiger partial charge is 0.345 e. The molecule has 0 aromatic rings. The quantitative estimate of drug-likeness (QED) is 0.459. The Morgan fingerprint density at radius 2 is 1.75 bits per heavy atom. The number of carbonyl (C=O) groups is 1. The van der Waals surface area contributed by atoms with Gasteiger partial charge in [-0.1, -0.05) is 0 Å². The van der Waals surface area contributed by atoms with Gasteiger partial charge in [-0.3, -0.25) is 4.79 Å². The lowest BCUT2D eigenvalue weighted by Gasteiger charge is -2.28. The molecule has 2 N–H and O–H groups in total. The molecule has 12 heavy (non-hydrogen) atoms. The van der Waals surface area contributed by atoms with Gasteiger partial charge in [-0.25, -0.2) is 0 Å². The summed E-state index contributed by atoms with van der Waals surface area (Å²) >= 11 is 1.79. The van der Waals surface area contributed by atoms with Crippen LogP contribution in [0.3, 0.4) is 0 Å². The van der Waals surface area contributed by atoms with Crippen LogP contribution in [0, 0.1) is 0 Å². The number of halogens is 1. The number of hydrogen-bond donors (Lipinski definition) is 2. The fourth-order valence-electron chi connectivity index (χ4n) is 1.69. The van der Waals surface area contributed by atoms with Gasteiger partial charge in [0.1, 0.15) is 0 Å². The zero-order chi connectivity index (χ0) is 8.97. The summed E-state index contributed by atoms with van der Waals surface area (Å²) < 4.78 is 0.0699. The van der Waals surface area contributed by atoms with E-state index in [2.05, 4.69) is 10.6 Å². The molecule has 3 nitrogen and oxygen atoms in total. The molecule has 0 heterocycles. The molecule has 0 aromatic carbocycles. The second-order valence-electron chi connectivity index (χ2n) is 3.26. The van der Waals surface area contributed by atoms with E-state index in [1.54, 1.807) is 22.6 Å². The third-order valence-corrected chi connectivity index (χ3v) is 2.76. The Morgan fingerprint density at radius 3 is 2.17 bits per heavy atom. The Balaban J connectivity index is 2.21. The monoisotopic (exact) mass is 282 g/mol. The number of rotatable bonds is 2. The van der Waals surface area contributed by atoms with Crippen molar-refractivity contribution in [2.75, 3.05) is 7.05 Å². The summed E-state index contributed by atoms with van der Waals surface area (Å²) in [5, 5.41) is 6.21. The lowest BCUT2D eigenvalue weighted by molar-refractivity contribution is 0.252. The van der Waals surface area contributed by atoms with Crippen molar-refractivity contribution in [3.63, 3.8) is 0 Å². The van der Waals surface area contributed by atoms with E-state index >= 15 is 0 Å². The van der Waals surface area contributed by atoms with E-state index in [9.17, 15) is 4.79 Å². The fourth-order valence-corrected chi connectivity index (χ4v) is 2.13. The third kappa shape index (κ3) is 3.26. The first kappa shape index (κ1) is 10.2. The van der Waals surface area contributed by atoms with Crippen LogP contribution in [0.2, 0.25) is 0 Å². The average Bonchev–Trinajstić information content (AvgIpc) is 2.05. The molecule has 1 aliphatic carbocycles. The van der Waals surface area contributed by atoms with Crippen molar-refractivity contribution in [3.05, 3.63) is 0 Å². The predicted molar refractivity (Wildman–Crippen MR) is 57.7 cm³/mol. The van der Waals surface area contributed by atoms with E-state index in [0.717, 1.165) is 12.8 Å². The van der Waals surface area contributed by atoms with Crippen LogP contribution in [0.25, 0.3) is 0 Å². The molecule has 0 aliphatic heterocycles. The number of hydrogen-bond acceptors (Lipinski definition) is 2. The molecule has 0 atom stereocenters. The second kappa shape index (κ2) is 5.01. The van der Waals surface area contributed by atoms with Gasteiger partial charge in [0.05, 0.1) is 0 Å². The molecule has 1 fully saturated rings. The van der Waals surface area contributed by atoms with Crippen molar-refractivity contribution < 1.29 is 4.79 Å². The van der Waals surface area contributed by atoms with Crippen molar-refractivity contribution in [3.8, 4) is 0 Å². The molecule has 0 radical (unpaired) electrons. The summed E-state index contributed by atoms with van der Waals surface area (Å²) in [7, 11) is 2.00. The third-order valence-electron chi connectivity index (χ3n) is 2.45. The molecular weight excluding hydrogens is 267 g/mol. The van der Waals surface area contributed by atoms with Crippen LogP contribution in [0.4, 0.5) is 4.79 Å². The Bertz CT molecular complexity index is 155. The molecule has 1 amide bonds. The Hall–Kier alpha value is 0.160. The molecule has 1 saturated carbocycles. The van der Waals surface area contributed by atoms with Gasteiger partial charge in [0.15, 0.2) is 0 Å². The van der Waals surface area contributed by atoms with E-state index < -0.39 is 0 Å². The fraction of sp³-hybridized carbons (Fsp3) is 0.875. The molecule has 1 aliphatic rings. The highest BCUT2D eigenvalue weighted by Crippen LogP contribution is 2.18. The van der Waals surface area contributed by atoms with Gasteiger partial charge in [0, 0.05) is 34.7 Å². The minimum Gasteiger partial charge on any atom is -0.345 e. The molecule has 0 spiro atoms. The van der Waals surface area contributed by atoms with Crippen LogP contribution < -0.4 is 10.6 Å². The van der Waals surface area contributed by atoms with Crippen molar-refractivity contribution in [2.45, 2.75) is 37.8 Å². The number of nitrogens with one attached hydrogen (secondary N) is 2. The highest BCUT2D eigenvalue weighted by atomic mass is 127. The minimum absolute atomic E-state index is 0.0699. The van der Waals surface area contributed by atoms with Crippen LogP contribution in [0.1, 0.15) is 25.7 Å². The zero-order valence-corrected chi connectivity index (χ0v) is 9.43. The van der Waals surface area contributed by atoms with Gasteiger partial charge < -0.3 is 10.6 Å². The summed E-state index contributed by atoms with van der Waals surface area (Å²) in [6, 6.07) is 1.08. The summed E-state index contributed by atoms with van der Waals surface area (Å²) in [5.74, 6) is 0. The first-order chi connectivity index (χ1) is 5.72. The summed E-state index contributed by atoms with van der Waals surface area (Å²) in [5.41, 5.74) is 0. The summed E-state index contributed by atoms with van der Waals surface area (Å²) in [6.45, 7) is 0. The predicted octanol–water partition coefficient (Wildman–Crippen LogP) is 1.66. The molecule has 4 heteroatoms. The maximum absolute atomic E-state index is 10.7. The van der Waals surface area contributed by atoms with Crippen LogP contribution in [-0.2, 0) is 0 Å². The first-order valence-electron chi connectivity index (χ1n) is 4.35. The van der Waals surface area contributed by atoms with Crippen LogP contribution >= 0.6 is 22.6 Å². The topological polar surface area (TPSA) is 41.1 Å². The number of carbonyl (C=O) groups excluding carboxylic acids is 1. The van der Waals surface area contributed by atoms with Crippen LogP contribution in [0.15, 0.2) is 0 Å². The summed E-state index contributed by atoms with van der Waals surface area (Å²) in [4.78, 5) is 10.7. The highest BCUT2D eigenvalue weighted by molar-refractivity contribution is 14.1. The molecular formula is C8H15IN2O. The molecule has 0 aromatic heterocycles. The molecule has 1 rings (SSSR count). The number of amides is 1. The van der Waals surface area contributed by atoms with Gasteiger partial charge in [-0.15, -0.1) is 0 Å². The van der Waals surface area contributed by atoms with Crippen molar-refractivity contribution in [1.82, 2.24) is 10.6 Å². The maximum Gasteiger partial charge on any atom is 0.280 e. The molecule has 0 bridgehead atoms. The van der Waals surface area contributed by atoms with Crippen molar-refractivity contribution >= 4 is 26.5 Å². The van der Waals surface area contributed by atoms with E-state index in [0.29, 0.717) is 12.1 Å². The Labute approximate surface area is 86.8 Å². The van der Waals surface area contributed by atoms with E-state index in [-0.39, 0.29) is 3.91 Å². The van der Waals surface area contributed by atoms with Gasteiger partial charge in [-0.05, 0) is 32.7 Å². The smallest absolute Gasteiger partial charge is 0.280 e. The SMILES string of the molecule is CNC1CCC(NC(=O)I)CC1. The second-order valence-corrected chi connectivity index (χ2v) is 4.24. The van der Waals surface area contributed by atoms with Gasteiger partial charge in [0.2, 0.25) is 0 Å². The van der Waals surface area contributed by atoms with E-state index in [1.165, 1.54) is 12.8 Å². The maximum atomic E-state index is 10.7. The molecule has 70 valence electrons. The summed E-state index contributed by atoms with van der Waals surface area (Å²) in [6.07, 6.45) is 4.58. The standard InChI is InChI=1S/C8H15IN2O/c1-10-6-2-4-7(5-3-6)11-8(9)12/h6-7,10H,2-5H2,1H3,(H,11,12). The van der Waals surface area contributed by atoms with Gasteiger partial charge in [0.25, 0.3) is 3.91 Å². The Morgan fingerprint density at radius 1 is 1.25 bits per heavy atom. The molecule has 0 saturated heterocycles. The van der Waals surface area contributed by atoms with Gasteiger partial charge in [-0.2, -0.15) is 0 Å². The van der Waals surface area contributed by atoms with Crippen LogP contribution in [0.5, 0.6) is 0 Å². The zero-order valence-electron chi connectivity index (χ0n) is 7.27. The van der Waals surface area contributed by atoms with Crippen molar-refractivity contribution in [1.29, 1.82) is 0 Å². The lowest BCUT2D eigenvalue weighted by Crippen LogP contribution is -2.39. The first-order valence-corrected chi connectivity index (χ1v) is 5.43. The average molecular weight is 282 g/mol. The van der Waals surface area contributed by atoms with Crippen LogP contribution in [-0.4, -0.2) is 23.0 Å². The van der Waals surface area contributed by atoms with E-state index in [1.807, 2.05) is 7.05 Å². The molecule has 0 unspecified atom stereocenters. The minimum atomic E-state index is 0.0699. The van der Waals surface area contributed by atoms with Crippen molar-refractivity contribution in [2.24, 2.45) is 0 Å².